The fourth-order valence-corrected chi connectivity index (χ4v) is 1.01. The highest BCUT2D eigenvalue weighted by Crippen LogP contribution is 2.24. The lowest BCUT2D eigenvalue weighted by molar-refractivity contribution is 0.403. The van der Waals surface area contributed by atoms with Crippen molar-refractivity contribution in [2.24, 2.45) is 0 Å². The van der Waals surface area contributed by atoms with Gasteiger partial charge in [-0.1, -0.05) is 12.0 Å². The van der Waals surface area contributed by atoms with E-state index in [1.807, 2.05) is 6.92 Å². The zero-order valence-electron chi connectivity index (χ0n) is 7.99. The van der Waals surface area contributed by atoms with E-state index in [1.54, 1.807) is 6.07 Å². The van der Waals surface area contributed by atoms with Crippen LogP contribution < -0.4 is 5.32 Å². The van der Waals surface area contributed by atoms with Gasteiger partial charge in [0, 0.05) is 6.54 Å². The summed E-state index contributed by atoms with van der Waals surface area (Å²) in [7, 11) is 0. The summed E-state index contributed by atoms with van der Waals surface area (Å²) < 4.78 is 0. The van der Waals surface area contributed by atoms with E-state index < -0.39 is 0 Å². The highest BCUT2D eigenvalue weighted by Gasteiger charge is 2.01. The minimum Gasteiger partial charge on any atom is -0.504 e. The van der Waals surface area contributed by atoms with E-state index in [2.05, 4.69) is 11.2 Å². The largest absolute Gasteiger partial charge is 0.504 e. The van der Waals surface area contributed by atoms with Crippen molar-refractivity contribution in [2.75, 3.05) is 0 Å². The molecular formula is C11H13NO2. The van der Waals surface area contributed by atoms with Crippen LogP contribution in [0.5, 0.6) is 11.5 Å². The smallest absolute Gasteiger partial charge is 0.157 e. The molecule has 0 bridgehead atoms. The third kappa shape index (κ3) is 2.68. The molecule has 0 radical (unpaired) electrons. The van der Waals surface area contributed by atoms with Crippen molar-refractivity contribution in [1.82, 2.24) is 5.32 Å². The maximum absolute atomic E-state index is 9.20. The van der Waals surface area contributed by atoms with Crippen molar-refractivity contribution < 1.29 is 10.2 Å². The lowest BCUT2D eigenvalue weighted by Gasteiger charge is -2.07. The number of phenolic OH excluding ortho intramolecular Hbond substituents is 2. The number of phenols is 2. The molecule has 0 heterocycles. The lowest BCUT2D eigenvalue weighted by atomic mass is 10.2. The molecule has 14 heavy (non-hydrogen) atoms. The van der Waals surface area contributed by atoms with E-state index in [9.17, 15) is 5.11 Å². The molecule has 0 aliphatic rings. The van der Waals surface area contributed by atoms with Gasteiger partial charge in [-0.05, 0) is 24.6 Å². The van der Waals surface area contributed by atoms with Gasteiger partial charge in [0.15, 0.2) is 11.5 Å². The van der Waals surface area contributed by atoms with E-state index in [0.29, 0.717) is 6.54 Å². The van der Waals surface area contributed by atoms with Crippen LogP contribution in [0.3, 0.4) is 0 Å². The summed E-state index contributed by atoms with van der Waals surface area (Å²) in [5, 5.41) is 21.3. The SMILES string of the molecule is C#CC(C)NCc1ccc(O)c(O)c1. The van der Waals surface area contributed by atoms with Gasteiger partial charge >= 0.3 is 0 Å². The first kappa shape index (κ1) is 10.4. The predicted molar refractivity (Wildman–Crippen MR) is 54.9 cm³/mol. The number of nitrogens with one attached hydrogen (secondary N) is 1. The first-order valence-electron chi connectivity index (χ1n) is 4.34. The first-order valence-corrected chi connectivity index (χ1v) is 4.34. The summed E-state index contributed by atoms with van der Waals surface area (Å²) in [5.41, 5.74) is 0.877. The highest BCUT2D eigenvalue weighted by atomic mass is 16.3. The van der Waals surface area contributed by atoms with E-state index >= 15 is 0 Å². The van der Waals surface area contributed by atoms with Gasteiger partial charge in [0.05, 0.1) is 6.04 Å². The Balaban J connectivity index is 2.61. The van der Waals surface area contributed by atoms with Gasteiger partial charge in [0.1, 0.15) is 0 Å². The summed E-state index contributed by atoms with van der Waals surface area (Å²) in [6, 6.07) is 4.68. The normalized spacial score (nSPS) is 12.0. The van der Waals surface area contributed by atoms with Crippen molar-refractivity contribution in [1.29, 1.82) is 0 Å². The van der Waals surface area contributed by atoms with Crippen molar-refractivity contribution in [3.63, 3.8) is 0 Å². The van der Waals surface area contributed by atoms with Crippen molar-refractivity contribution >= 4 is 0 Å². The minimum absolute atomic E-state index is 0.00838. The summed E-state index contributed by atoms with van der Waals surface area (Å²) in [5.74, 6) is 2.31. The molecule has 0 fully saturated rings. The van der Waals surface area contributed by atoms with E-state index in [4.69, 9.17) is 11.5 Å². The van der Waals surface area contributed by atoms with Gasteiger partial charge in [-0.3, -0.25) is 5.32 Å². The highest BCUT2D eigenvalue weighted by molar-refractivity contribution is 5.40. The predicted octanol–water partition coefficient (Wildman–Crippen LogP) is 1.21. The lowest BCUT2D eigenvalue weighted by Crippen LogP contribution is -2.23. The van der Waals surface area contributed by atoms with Gasteiger partial charge in [0.2, 0.25) is 0 Å². The van der Waals surface area contributed by atoms with Gasteiger partial charge < -0.3 is 10.2 Å². The first-order chi connectivity index (χ1) is 6.63. The molecule has 0 aromatic heterocycles. The molecule has 1 aromatic carbocycles. The second kappa shape index (κ2) is 4.54. The molecule has 74 valence electrons. The summed E-state index contributed by atoms with van der Waals surface area (Å²) in [6.45, 7) is 2.44. The minimum atomic E-state index is -0.113. The average Bonchev–Trinajstić information content (AvgIpc) is 2.19. The molecule has 1 aromatic rings. The number of hydrogen-bond acceptors (Lipinski definition) is 3. The molecule has 0 saturated heterocycles. The summed E-state index contributed by atoms with van der Waals surface area (Å²) in [4.78, 5) is 0. The maximum Gasteiger partial charge on any atom is 0.157 e. The van der Waals surface area contributed by atoms with E-state index in [-0.39, 0.29) is 17.5 Å². The fourth-order valence-electron chi connectivity index (χ4n) is 1.01. The van der Waals surface area contributed by atoms with Crippen molar-refractivity contribution in [3.05, 3.63) is 23.8 Å². The van der Waals surface area contributed by atoms with Crippen molar-refractivity contribution in [2.45, 2.75) is 19.5 Å². The van der Waals surface area contributed by atoms with Crippen molar-refractivity contribution in [3.8, 4) is 23.8 Å². The third-order valence-electron chi connectivity index (χ3n) is 1.90. The van der Waals surface area contributed by atoms with Crippen LogP contribution in [0.2, 0.25) is 0 Å². The topological polar surface area (TPSA) is 52.5 Å². The molecule has 3 nitrogen and oxygen atoms in total. The number of benzene rings is 1. The van der Waals surface area contributed by atoms with Crippen LogP contribution in [0.15, 0.2) is 18.2 Å². The Morgan fingerprint density at radius 2 is 2.14 bits per heavy atom. The molecule has 0 aliphatic heterocycles. The summed E-state index contributed by atoms with van der Waals surface area (Å²) in [6.07, 6.45) is 5.19. The number of rotatable bonds is 3. The molecule has 1 atom stereocenters. The zero-order chi connectivity index (χ0) is 10.6. The van der Waals surface area contributed by atoms with E-state index in [0.717, 1.165) is 5.56 Å². The van der Waals surface area contributed by atoms with Crippen LogP contribution in [0.1, 0.15) is 12.5 Å². The Morgan fingerprint density at radius 3 is 2.71 bits per heavy atom. The molecule has 3 N–H and O–H groups in total. The second-order valence-electron chi connectivity index (χ2n) is 3.09. The van der Waals surface area contributed by atoms with E-state index in [1.165, 1.54) is 12.1 Å². The average molecular weight is 191 g/mol. The molecular weight excluding hydrogens is 178 g/mol. The Morgan fingerprint density at radius 1 is 1.43 bits per heavy atom. The fraction of sp³-hybridized carbons (Fsp3) is 0.273. The second-order valence-corrected chi connectivity index (χ2v) is 3.09. The Bertz CT molecular complexity index is 355. The molecule has 3 heteroatoms. The molecule has 0 aliphatic carbocycles. The van der Waals surface area contributed by atoms with Gasteiger partial charge in [-0.25, -0.2) is 0 Å². The van der Waals surface area contributed by atoms with Crippen LogP contribution in [-0.4, -0.2) is 16.3 Å². The standard InChI is InChI=1S/C11H13NO2/c1-3-8(2)12-7-9-4-5-10(13)11(14)6-9/h1,4-6,8,12-14H,7H2,2H3. The van der Waals surface area contributed by atoms with Gasteiger partial charge in [-0.15, -0.1) is 6.42 Å². The molecule has 0 saturated carbocycles. The van der Waals surface area contributed by atoms with Crippen LogP contribution in [0, 0.1) is 12.3 Å². The third-order valence-corrected chi connectivity index (χ3v) is 1.90. The van der Waals surface area contributed by atoms with Crippen LogP contribution in [-0.2, 0) is 6.54 Å². The van der Waals surface area contributed by atoms with Crippen LogP contribution >= 0.6 is 0 Å². The van der Waals surface area contributed by atoms with Crippen LogP contribution in [0.25, 0.3) is 0 Å². The molecule has 1 rings (SSSR count). The number of hydrogen-bond donors (Lipinski definition) is 3. The number of aromatic hydroxyl groups is 2. The Hall–Kier alpha value is -1.66. The monoisotopic (exact) mass is 191 g/mol. The maximum atomic E-state index is 9.20. The van der Waals surface area contributed by atoms with Gasteiger partial charge in [-0.2, -0.15) is 0 Å². The zero-order valence-corrected chi connectivity index (χ0v) is 7.99. The quantitative estimate of drug-likeness (QED) is 0.497. The molecule has 0 spiro atoms. The Kier molecular flexibility index (Phi) is 3.38. The Labute approximate surface area is 83.4 Å². The number of terminal acetylenes is 1. The molecule has 1 unspecified atom stereocenters. The summed E-state index contributed by atoms with van der Waals surface area (Å²) >= 11 is 0. The molecule has 0 amide bonds. The van der Waals surface area contributed by atoms with Gasteiger partial charge in [0.25, 0.3) is 0 Å². The van der Waals surface area contributed by atoms with Crippen LogP contribution in [0.4, 0.5) is 0 Å².